The average Bonchev–Trinajstić information content (AvgIpc) is 3.18. The lowest BCUT2D eigenvalue weighted by atomic mass is 10.3. The normalized spacial score (nSPS) is 11.7. The molecule has 3 rings (SSSR count). The van der Waals surface area contributed by atoms with Crippen LogP contribution in [-0.4, -0.2) is 24.7 Å². The fourth-order valence-electron chi connectivity index (χ4n) is 2.08. The van der Waals surface area contributed by atoms with Crippen molar-refractivity contribution < 1.29 is 8.42 Å². The second-order valence-electron chi connectivity index (χ2n) is 4.77. The van der Waals surface area contributed by atoms with Crippen LogP contribution >= 0.6 is 22.9 Å². The van der Waals surface area contributed by atoms with Gasteiger partial charge < -0.3 is 0 Å². The van der Waals surface area contributed by atoms with Gasteiger partial charge in [0.2, 0.25) is 10.0 Å². The molecule has 2 aromatic heterocycles. The number of nitrogens with zero attached hydrogens (tertiary/aromatic N) is 2. The number of halogens is 1. The van der Waals surface area contributed by atoms with Crippen molar-refractivity contribution in [3.05, 3.63) is 59.1 Å². The third-order valence-corrected chi connectivity index (χ3v) is 6.03. The Hall–Kier alpha value is -1.67. The minimum Gasteiger partial charge on any atom is -0.271 e. The maximum Gasteiger partial charge on any atom is 0.242 e. The van der Waals surface area contributed by atoms with Gasteiger partial charge in [0, 0.05) is 12.7 Å². The number of hydrogen-bond donors (Lipinski definition) is 1. The molecule has 0 aliphatic carbocycles. The molecule has 0 aliphatic heterocycles. The third-order valence-electron chi connectivity index (χ3n) is 3.17. The van der Waals surface area contributed by atoms with E-state index in [4.69, 9.17) is 11.6 Å². The van der Waals surface area contributed by atoms with Gasteiger partial charge in [-0.15, -0.1) is 11.3 Å². The fraction of sp³-hybridized carbons (Fsp3) is 0.133. The molecule has 0 radical (unpaired) electrons. The zero-order valence-corrected chi connectivity index (χ0v) is 14.4. The molecule has 0 bridgehead atoms. The second-order valence-corrected chi connectivity index (χ2v) is 7.86. The maximum atomic E-state index is 12.2. The predicted octanol–water partition coefficient (Wildman–Crippen LogP) is 3.24. The lowest BCUT2D eigenvalue weighted by Crippen LogP contribution is -2.27. The van der Waals surface area contributed by atoms with Crippen molar-refractivity contribution in [2.45, 2.75) is 11.4 Å². The average molecular weight is 368 g/mol. The summed E-state index contributed by atoms with van der Waals surface area (Å²) in [6.07, 6.45) is 1.83. The summed E-state index contributed by atoms with van der Waals surface area (Å²) in [5.41, 5.74) is 0.883. The van der Waals surface area contributed by atoms with Gasteiger partial charge in [-0.25, -0.2) is 13.1 Å². The van der Waals surface area contributed by atoms with E-state index in [0.29, 0.717) is 6.54 Å². The highest BCUT2D eigenvalue weighted by atomic mass is 35.5. The molecule has 0 aliphatic rings. The van der Waals surface area contributed by atoms with Crippen LogP contribution in [0.25, 0.3) is 10.6 Å². The smallest absolute Gasteiger partial charge is 0.242 e. The molecule has 23 heavy (non-hydrogen) atoms. The van der Waals surface area contributed by atoms with E-state index < -0.39 is 10.0 Å². The van der Waals surface area contributed by atoms with Gasteiger partial charge in [-0.2, -0.15) is 5.10 Å². The molecule has 0 atom stereocenters. The Bertz CT molecular complexity index is 889. The van der Waals surface area contributed by atoms with Crippen molar-refractivity contribution in [3.8, 4) is 10.6 Å². The molecule has 0 unspecified atom stereocenters. The lowest BCUT2D eigenvalue weighted by Gasteiger charge is -2.08. The number of nitrogens with one attached hydrogen (secondary N) is 1. The summed E-state index contributed by atoms with van der Waals surface area (Å²) in [4.78, 5) is 1.17. The molecular formula is C15H14ClN3O2S2. The third kappa shape index (κ3) is 3.81. The Morgan fingerprint density at radius 1 is 1.17 bits per heavy atom. The Kier molecular flexibility index (Phi) is 4.82. The Morgan fingerprint density at radius 2 is 2.00 bits per heavy atom. The highest BCUT2D eigenvalue weighted by molar-refractivity contribution is 7.89. The molecule has 8 heteroatoms. The monoisotopic (exact) mass is 367 g/mol. The minimum atomic E-state index is -3.62. The summed E-state index contributed by atoms with van der Waals surface area (Å²) in [6, 6.07) is 12.2. The number of aromatic nitrogens is 2. The zero-order chi connectivity index (χ0) is 16.3. The van der Waals surface area contributed by atoms with Crippen molar-refractivity contribution in [2.24, 2.45) is 0 Å². The second kappa shape index (κ2) is 6.84. The number of thiophene rings is 1. The van der Waals surface area contributed by atoms with Crippen LogP contribution in [0.15, 0.2) is 58.9 Å². The SMILES string of the molecule is O=S(=O)(NCCn1ccc(-c2cccs2)n1)c1ccccc1Cl. The molecule has 1 N–H and O–H groups in total. The summed E-state index contributed by atoms with van der Waals surface area (Å²) in [5, 5.41) is 6.63. The van der Waals surface area contributed by atoms with E-state index in [-0.39, 0.29) is 16.5 Å². The molecule has 0 spiro atoms. The van der Waals surface area contributed by atoms with Gasteiger partial charge >= 0.3 is 0 Å². The number of hydrogen-bond acceptors (Lipinski definition) is 4. The largest absolute Gasteiger partial charge is 0.271 e. The Balaban J connectivity index is 1.62. The molecule has 0 fully saturated rings. The van der Waals surface area contributed by atoms with Crippen LogP contribution in [0.3, 0.4) is 0 Å². The van der Waals surface area contributed by atoms with Crippen molar-refractivity contribution in [1.82, 2.24) is 14.5 Å². The van der Waals surface area contributed by atoms with Gasteiger partial charge in [-0.1, -0.05) is 29.8 Å². The van der Waals surface area contributed by atoms with E-state index in [1.54, 1.807) is 34.2 Å². The Morgan fingerprint density at radius 3 is 2.74 bits per heavy atom. The number of sulfonamides is 1. The van der Waals surface area contributed by atoms with E-state index in [0.717, 1.165) is 10.6 Å². The summed E-state index contributed by atoms with van der Waals surface area (Å²) < 4.78 is 28.7. The summed E-state index contributed by atoms with van der Waals surface area (Å²) in [6.45, 7) is 0.675. The topological polar surface area (TPSA) is 64.0 Å². The van der Waals surface area contributed by atoms with E-state index in [1.165, 1.54) is 6.07 Å². The number of benzene rings is 1. The summed E-state index contributed by atoms with van der Waals surface area (Å²) >= 11 is 7.54. The van der Waals surface area contributed by atoms with Crippen LogP contribution in [0, 0.1) is 0 Å². The van der Waals surface area contributed by atoms with Crippen LogP contribution in [0.5, 0.6) is 0 Å². The zero-order valence-electron chi connectivity index (χ0n) is 12.0. The first-order chi connectivity index (χ1) is 11.1. The quantitative estimate of drug-likeness (QED) is 0.727. The van der Waals surface area contributed by atoms with Gasteiger partial charge in [0.05, 0.1) is 16.4 Å². The van der Waals surface area contributed by atoms with E-state index in [9.17, 15) is 8.42 Å². The first kappa shape index (κ1) is 16.2. The number of rotatable bonds is 6. The van der Waals surface area contributed by atoms with Gasteiger partial charge in [0.25, 0.3) is 0 Å². The molecule has 0 saturated heterocycles. The van der Waals surface area contributed by atoms with Crippen molar-refractivity contribution in [2.75, 3.05) is 6.54 Å². The van der Waals surface area contributed by atoms with Gasteiger partial charge in [0.15, 0.2) is 0 Å². The van der Waals surface area contributed by atoms with Gasteiger partial charge in [-0.3, -0.25) is 4.68 Å². The van der Waals surface area contributed by atoms with Gasteiger partial charge in [0.1, 0.15) is 10.6 Å². The molecule has 0 saturated carbocycles. The summed E-state index contributed by atoms with van der Waals surface area (Å²) in [7, 11) is -3.62. The molecule has 3 aromatic rings. The standard InChI is InChI=1S/C15H14ClN3O2S2/c16-12-4-1-2-6-15(12)23(20,21)17-8-10-19-9-7-13(18-19)14-5-3-11-22-14/h1-7,9,11,17H,8,10H2. The fourth-order valence-corrected chi connectivity index (χ4v) is 4.31. The predicted molar refractivity (Wildman–Crippen MR) is 92.2 cm³/mol. The van der Waals surface area contributed by atoms with Crippen LogP contribution < -0.4 is 4.72 Å². The van der Waals surface area contributed by atoms with E-state index >= 15 is 0 Å². The Labute approximate surface area is 143 Å². The van der Waals surface area contributed by atoms with E-state index in [1.807, 2.05) is 29.8 Å². The molecular weight excluding hydrogens is 354 g/mol. The van der Waals surface area contributed by atoms with Gasteiger partial charge in [-0.05, 0) is 29.6 Å². The van der Waals surface area contributed by atoms with Crippen LogP contribution in [-0.2, 0) is 16.6 Å². The highest BCUT2D eigenvalue weighted by Crippen LogP contribution is 2.22. The maximum absolute atomic E-state index is 12.2. The molecule has 1 aromatic carbocycles. The van der Waals surface area contributed by atoms with Crippen LogP contribution in [0.2, 0.25) is 5.02 Å². The lowest BCUT2D eigenvalue weighted by molar-refractivity contribution is 0.561. The first-order valence-electron chi connectivity index (χ1n) is 6.88. The molecule has 120 valence electrons. The summed E-state index contributed by atoms with van der Waals surface area (Å²) in [5.74, 6) is 0. The highest BCUT2D eigenvalue weighted by Gasteiger charge is 2.16. The minimum absolute atomic E-state index is 0.0846. The molecule has 0 amide bonds. The first-order valence-corrected chi connectivity index (χ1v) is 9.62. The van der Waals surface area contributed by atoms with Crippen molar-refractivity contribution in [3.63, 3.8) is 0 Å². The molecule has 2 heterocycles. The van der Waals surface area contributed by atoms with Crippen molar-refractivity contribution in [1.29, 1.82) is 0 Å². The molecule has 5 nitrogen and oxygen atoms in total. The van der Waals surface area contributed by atoms with E-state index in [2.05, 4.69) is 9.82 Å². The van der Waals surface area contributed by atoms with Crippen molar-refractivity contribution >= 4 is 33.0 Å². The van der Waals surface area contributed by atoms with Crippen LogP contribution in [0.4, 0.5) is 0 Å². The van der Waals surface area contributed by atoms with Crippen LogP contribution in [0.1, 0.15) is 0 Å².